The lowest BCUT2D eigenvalue weighted by Crippen LogP contribution is -1.90. The van der Waals surface area contributed by atoms with Crippen molar-refractivity contribution in [3.63, 3.8) is 0 Å². The highest BCUT2D eigenvalue weighted by atomic mass is 35.5. The molecule has 0 bridgehead atoms. The molecule has 0 unspecified atom stereocenters. The Bertz CT molecular complexity index is 2070. The number of halogens is 1. The van der Waals surface area contributed by atoms with Crippen LogP contribution in [0, 0.1) is 0 Å². The summed E-state index contributed by atoms with van der Waals surface area (Å²) in [6, 6.07) is 39.0. The maximum Gasteiger partial charge on any atom is 0.0979 e. The Balaban J connectivity index is 0.000000156. The van der Waals surface area contributed by atoms with E-state index in [9.17, 15) is 0 Å². The van der Waals surface area contributed by atoms with Crippen molar-refractivity contribution in [1.29, 1.82) is 0 Å². The van der Waals surface area contributed by atoms with Gasteiger partial charge in [0.15, 0.2) is 0 Å². The quantitative estimate of drug-likeness (QED) is 0.202. The van der Waals surface area contributed by atoms with Crippen LogP contribution in [0.2, 0.25) is 5.02 Å². The van der Waals surface area contributed by atoms with E-state index in [1.807, 2.05) is 54.9 Å². The molecule has 0 aliphatic heterocycles. The zero-order chi connectivity index (χ0) is 27.6. The zero-order valence-corrected chi connectivity index (χ0v) is 22.7. The fraction of sp³-hybridized carbons (Fsp3) is 0. The molecule has 0 amide bonds. The molecule has 4 aromatic heterocycles. The number of rotatable bonds is 2. The number of benzene rings is 4. The fourth-order valence-electron chi connectivity index (χ4n) is 5.30. The Morgan fingerprint density at radius 2 is 0.878 bits per heavy atom. The second kappa shape index (κ2) is 10.8. The maximum atomic E-state index is 6.17. The molecule has 8 aromatic rings. The summed E-state index contributed by atoms with van der Waals surface area (Å²) in [5, 5.41) is 4.95. The van der Waals surface area contributed by atoms with Gasteiger partial charge >= 0.3 is 0 Å². The van der Waals surface area contributed by atoms with Crippen molar-refractivity contribution < 1.29 is 0 Å². The molecule has 0 atom stereocenters. The van der Waals surface area contributed by atoms with Gasteiger partial charge in [-0.25, -0.2) is 0 Å². The lowest BCUT2D eigenvalue weighted by Gasteiger charge is -2.11. The highest BCUT2D eigenvalue weighted by molar-refractivity contribution is 6.37. The number of hydrogen-bond acceptors (Lipinski definition) is 4. The third kappa shape index (κ3) is 4.65. The van der Waals surface area contributed by atoms with Gasteiger partial charge in [0.05, 0.1) is 27.1 Å². The fourth-order valence-corrected chi connectivity index (χ4v) is 5.57. The third-order valence-electron chi connectivity index (χ3n) is 7.20. The van der Waals surface area contributed by atoms with Gasteiger partial charge in [0.2, 0.25) is 0 Å². The van der Waals surface area contributed by atoms with Crippen LogP contribution < -0.4 is 0 Å². The van der Waals surface area contributed by atoms with Crippen LogP contribution in [0.25, 0.3) is 65.9 Å². The molecular weight excluding hydrogens is 524 g/mol. The predicted octanol–water partition coefficient (Wildman–Crippen LogP) is 9.55. The van der Waals surface area contributed by atoms with E-state index in [0.29, 0.717) is 0 Å². The second-order valence-corrected chi connectivity index (χ2v) is 10.0. The van der Waals surface area contributed by atoms with Crippen LogP contribution in [0.1, 0.15) is 0 Å². The number of fused-ring (bicyclic) bond motifs is 6. The Morgan fingerprint density at radius 3 is 1.46 bits per heavy atom. The molecule has 4 aromatic carbocycles. The van der Waals surface area contributed by atoms with E-state index in [-0.39, 0.29) is 0 Å². The van der Waals surface area contributed by atoms with E-state index < -0.39 is 0 Å². The minimum absolute atomic E-state index is 0.721. The van der Waals surface area contributed by atoms with E-state index >= 15 is 0 Å². The van der Waals surface area contributed by atoms with Crippen LogP contribution >= 0.6 is 11.6 Å². The summed E-state index contributed by atoms with van der Waals surface area (Å²) in [5.41, 5.74) is 8.41. The van der Waals surface area contributed by atoms with Crippen LogP contribution in [-0.4, -0.2) is 19.9 Å². The Hall–Kier alpha value is -5.19. The highest BCUT2D eigenvalue weighted by Crippen LogP contribution is 2.35. The predicted molar refractivity (Wildman–Crippen MR) is 170 cm³/mol. The minimum atomic E-state index is 0.721. The van der Waals surface area contributed by atoms with E-state index in [2.05, 4.69) is 92.7 Å². The van der Waals surface area contributed by atoms with Crippen molar-refractivity contribution in [3.05, 3.63) is 145 Å². The molecule has 0 aliphatic carbocycles. The summed E-state index contributed by atoms with van der Waals surface area (Å²) < 4.78 is 0. The van der Waals surface area contributed by atoms with Crippen molar-refractivity contribution >= 4 is 55.2 Å². The summed E-state index contributed by atoms with van der Waals surface area (Å²) in [5.74, 6) is 0. The Labute approximate surface area is 242 Å². The molecule has 0 fully saturated rings. The summed E-state index contributed by atoms with van der Waals surface area (Å²) in [6.45, 7) is 0. The van der Waals surface area contributed by atoms with Gasteiger partial charge in [0.1, 0.15) is 0 Å². The second-order valence-electron chi connectivity index (χ2n) is 9.64. The van der Waals surface area contributed by atoms with Crippen LogP contribution in [0.4, 0.5) is 0 Å². The third-order valence-corrected chi connectivity index (χ3v) is 7.51. The number of pyridine rings is 4. The summed E-state index contributed by atoms with van der Waals surface area (Å²) >= 11 is 6.17. The topological polar surface area (TPSA) is 51.6 Å². The summed E-state index contributed by atoms with van der Waals surface area (Å²) in [6.07, 6.45) is 7.28. The molecule has 4 heterocycles. The SMILES string of the molecule is Clc1cc2cccnc2c2ncccc12.c1ccc(-c2ccnc3c2ccc2c(-c4ccccc4)ccnc23)cc1. The lowest BCUT2D eigenvalue weighted by atomic mass is 9.97. The van der Waals surface area contributed by atoms with Crippen LogP contribution in [0.15, 0.2) is 140 Å². The molecule has 0 spiro atoms. The van der Waals surface area contributed by atoms with Gasteiger partial charge in [-0.2, -0.15) is 0 Å². The Morgan fingerprint density at radius 1 is 0.390 bits per heavy atom. The molecule has 0 saturated carbocycles. The smallest absolute Gasteiger partial charge is 0.0979 e. The van der Waals surface area contributed by atoms with Crippen molar-refractivity contribution in [2.45, 2.75) is 0 Å². The van der Waals surface area contributed by atoms with Gasteiger partial charge in [-0.05, 0) is 58.7 Å². The summed E-state index contributed by atoms with van der Waals surface area (Å²) in [7, 11) is 0. The number of nitrogens with zero attached hydrogens (tertiary/aromatic N) is 4. The molecule has 0 aliphatic rings. The molecule has 194 valence electrons. The number of aromatic nitrogens is 4. The first-order chi connectivity index (χ1) is 20.3. The van der Waals surface area contributed by atoms with Gasteiger partial charge in [-0.3, -0.25) is 19.9 Å². The molecule has 0 N–H and O–H groups in total. The largest absolute Gasteiger partial charge is 0.254 e. The van der Waals surface area contributed by atoms with E-state index in [1.54, 1.807) is 12.4 Å². The van der Waals surface area contributed by atoms with Crippen LogP contribution in [-0.2, 0) is 0 Å². The highest BCUT2D eigenvalue weighted by Gasteiger charge is 2.11. The van der Waals surface area contributed by atoms with Gasteiger partial charge < -0.3 is 0 Å². The van der Waals surface area contributed by atoms with Gasteiger partial charge in [-0.1, -0.05) is 90.5 Å². The maximum absolute atomic E-state index is 6.17. The molecular formula is C36H23ClN4. The molecule has 5 heteroatoms. The van der Waals surface area contributed by atoms with E-state index in [1.165, 1.54) is 22.3 Å². The molecule has 0 saturated heterocycles. The molecule has 8 rings (SSSR count). The summed E-state index contributed by atoms with van der Waals surface area (Å²) in [4.78, 5) is 18.0. The van der Waals surface area contributed by atoms with Crippen LogP contribution in [0.5, 0.6) is 0 Å². The standard InChI is InChI=1S/C24H16N2.C12H7ClN2/c1-3-7-17(8-4-1)19-13-15-25-23-21(19)11-12-22-20(14-16-26-24(22)23)18-9-5-2-6-10-18;13-10-7-8-3-1-5-14-11(8)12-9(10)4-2-6-15-12/h1-16H;1-7H. The average Bonchev–Trinajstić information content (AvgIpc) is 3.05. The van der Waals surface area contributed by atoms with E-state index in [0.717, 1.165) is 48.6 Å². The lowest BCUT2D eigenvalue weighted by molar-refractivity contribution is 1.37. The van der Waals surface area contributed by atoms with Gasteiger partial charge in [0, 0.05) is 46.3 Å². The minimum Gasteiger partial charge on any atom is -0.254 e. The first-order valence-electron chi connectivity index (χ1n) is 13.3. The molecule has 0 radical (unpaired) electrons. The van der Waals surface area contributed by atoms with Crippen molar-refractivity contribution in [3.8, 4) is 22.3 Å². The molecule has 4 nitrogen and oxygen atoms in total. The van der Waals surface area contributed by atoms with Gasteiger partial charge in [-0.15, -0.1) is 0 Å². The van der Waals surface area contributed by atoms with Crippen molar-refractivity contribution in [2.75, 3.05) is 0 Å². The monoisotopic (exact) mass is 546 g/mol. The number of hydrogen-bond donors (Lipinski definition) is 0. The van der Waals surface area contributed by atoms with Crippen molar-refractivity contribution in [1.82, 2.24) is 19.9 Å². The molecule has 41 heavy (non-hydrogen) atoms. The first-order valence-corrected chi connectivity index (χ1v) is 13.7. The van der Waals surface area contributed by atoms with E-state index in [4.69, 9.17) is 11.6 Å². The zero-order valence-electron chi connectivity index (χ0n) is 21.9. The van der Waals surface area contributed by atoms with Crippen molar-refractivity contribution in [2.24, 2.45) is 0 Å². The Kier molecular flexibility index (Phi) is 6.51. The average molecular weight is 547 g/mol. The normalized spacial score (nSPS) is 11.0. The van der Waals surface area contributed by atoms with Gasteiger partial charge in [0.25, 0.3) is 0 Å². The first kappa shape index (κ1) is 24.8. The van der Waals surface area contributed by atoms with Crippen LogP contribution in [0.3, 0.4) is 0 Å².